The second-order valence-electron chi connectivity index (χ2n) is 3.82. The summed E-state index contributed by atoms with van der Waals surface area (Å²) < 4.78 is 0. The Kier molecular flexibility index (Phi) is 7.90. The molecule has 0 aromatic carbocycles. The van der Waals surface area contributed by atoms with Crippen LogP contribution in [0.1, 0.15) is 33.6 Å². The van der Waals surface area contributed by atoms with Crippen molar-refractivity contribution in [2.24, 2.45) is 0 Å². The number of hydrogen-bond acceptors (Lipinski definition) is 2. The highest BCUT2D eigenvalue weighted by atomic mass is 16.2. The molecule has 1 aliphatic rings. The van der Waals surface area contributed by atoms with E-state index in [2.05, 4.69) is 18.4 Å². The predicted molar refractivity (Wildman–Crippen MR) is 69.5 cm³/mol. The number of likely N-dealkylation sites (tertiary alicyclic amines) is 1. The van der Waals surface area contributed by atoms with E-state index in [9.17, 15) is 4.79 Å². The Bertz CT molecular complexity index is 208. The lowest BCUT2D eigenvalue weighted by atomic mass is 10.0. The Hall–Kier alpha value is -0.830. The van der Waals surface area contributed by atoms with Gasteiger partial charge in [-0.25, -0.2) is 0 Å². The number of hydrogen-bond donors (Lipinski definition) is 0. The monoisotopic (exact) mass is 226 g/mol. The Morgan fingerprint density at radius 2 is 1.94 bits per heavy atom. The molecule has 0 bridgehead atoms. The van der Waals surface area contributed by atoms with Crippen molar-refractivity contribution in [1.82, 2.24) is 9.80 Å². The first-order chi connectivity index (χ1) is 7.69. The van der Waals surface area contributed by atoms with E-state index in [0.29, 0.717) is 6.04 Å². The zero-order valence-electron chi connectivity index (χ0n) is 11.2. The van der Waals surface area contributed by atoms with E-state index in [-0.39, 0.29) is 5.91 Å². The predicted octanol–water partition coefficient (Wildman–Crippen LogP) is 2.14. The highest BCUT2D eigenvalue weighted by Crippen LogP contribution is 2.15. The van der Waals surface area contributed by atoms with Crippen LogP contribution in [-0.4, -0.2) is 48.4 Å². The smallest absolute Gasteiger partial charge is 0.245 e. The number of nitrogens with zero attached hydrogens (tertiary/aromatic N) is 2. The lowest BCUT2D eigenvalue weighted by Gasteiger charge is -2.35. The average molecular weight is 226 g/mol. The maximum Gasteiger partial charge on any atom is 0.245 e. The standard InChI is InChI=1S/C11H20N2O.C2H6/c1-4-11(14)12(3)10-6-8-13(5-2)9-7-10;1-2/h4,10H,1,5-9H2,2-3H3;1-2H3. The third-order valence-electron chi connectivity index (χ3n) is 3.07. The summed E-state index contributed by atoms with van der Waals surface area (Å²) in [4.78, 5) is 15.6. The van der Waals surface area contributed by atoms with Crippen LogP contribution in [0.15, 0.2) is 12.7 Å². The van der Waals surface area contributed by atoms with E-state index in [1.54, 1.807) is 0 Å². The van der Waals surface area contributed by atoms with Crippen molar-refractivity contribution in [3.8, 4) is 0 Å². The molecule has 0 radical (unpaired) electrons. The van der Waals surface area contributed by atoms with Gasteiger partial charge in [-0.15, -0.1) is 0 Å². The molecular weight excluding hydrogens is 200 g/mol. The molecule has 0 N–H and O–H groups in total. The highest BCUT2D eigenvalue weighted by molar-refractivity contribution is 5.87. The van der Waals surface area contributed by atoms with E-state index in [0.717, 1.165) is 32.5 Å². The molecule has 1 heterocycles. The molecule has 0 aromatic rings. The molecule has 0 aromatic heterocycles. The molecule has 94 valence electrons. The summed E-state index contributed by atoms with van der Waals surface area (Å²) in [5, 5.41) is 0. The van der Waals surface area contributed by atoms with Crippen LogP contribution in [0.2, 0.25) is 0 Å². The van der Waals surface area contributed by atoms with Crippen molar-refractivity contribution in [3.05, 3.63) is 12.7 Å². The van der Waals surface area contributed by atoms with E-state index >= 15 is 0 Å². The first kappa shape index (κ1) is 15.2. The second-order valence-corrected chi connectivity index (χ2v) is 3.82. The number of carbonyl (C=O) groups is 1. The molecule has 0 atom stereocenters. The van der Waals surface area contributed by atoms with Crippen LogP contribution in [0, 0.1) is 0 Å². The van der Waals surface area contributed by atoms with Crippen LogP contribution in [0.3, 0.4) is 0 Å². The Labute approximate surface area is 100 Å². The van der Waals surface area contributed by atoms with Crippen molar-refractivity contribution >= 4 is 5.91 Å². The van der Waals surface area contributed by atoms with Crippen molar-refractivity contribution in [1.29, 1.82) is 0 Å². The summed E-state index contributed by atoms with van der Waals surface area (Å²) >= 11 is 0. The second kappa shape index (κ2) is 8.34. The van der Waals surface area contributed by atoms with Gasteiger partial charge < -0.3 is 9.80 Å². The van der Waals surface area contributed by atoms with Gasteiger partial charge in [-0.1, -0.05) is 27.4 Å². The zero-order chi connectivity index (χ0) is 12.6. The topological polar surface area (TPSA) is 23.6 Å². The molecule has 3 nitrogen and oxygen atoms in total. The summed E-state index contributed by atoms with van der Waals surface area (Å²) in [5.41, 5.74) is 0. The molecule has 0 unspecified atom stereocenters. The zero-order valence-corrected chi connectivity index (χ0v) is 11.2. The summed E-state index contributed by atoms with van der Waals surface area (Å²) in [6, 6.07) is 0.406. The minimum Gasteiger partial charge on any atom is -0.339 e. The van der Waals surface area contributed by atoms with Gasteiger partial charge >= 0.3 is 0 Å². The largest absolute Gasteiger partial charge is 0.339 e. The molecule has 0 saturated carbocycles. The summed E-state index contributed by atoms with van der Waals surface area (Å²) in [6.45, 7) is 13.0. The quantitative estimate of drug-likeness (QED) is 0.688. The van der Waals surface area contributed by atoms with Gasteiger partial charge in [0.1, 0.15) is 0 Å². The number of rotatable bonds is 3. The Morgan fingerprint density at radius 1 is 1.44 bits per heavy atom. The van der Waals surface area contributed by atoms with Crippen LogP contribution < -0.4 is 0 Å². The molecule has 16 heavy (non-hydrogen) atoms. The molecule has 1 rings (SSSR count). The van der Waals surface area contributed by atoms with Gasteiger partial charge in [0.15, 0.2) is 0 Å². The molecule has 1 aliphatic heterocycles. The maximum absolute atomic E-state index is 11.4. The number of likely N-dealkylation sites (N-methyl/N-ethyl adjacent to an activating group) is 1. The van der Waals surface area contributed by atoms with Crippen molar-refractivity contribution in [2.75, 3.05) is 26.7 Å². The first-order valence-electron chi connectivity index (χ1n) is 6.30. The molecule has 0 spiro atoms. The Balaban J connectivity index is 0.00000106. The van der Waals surface area contributed by atoms with Crippen molar-refractivity contribution in [2.45, 2.75) is 39.7 Å². The third kappa shape index (κ3) is 4.35. The molecule has 3 heteroatoms. The van der Waals surface area contributed by atoms with Crippen molar-refractivity contribution < 1.29 is 4.79 Å². The molecular formula is C13H26N2O. The van der Waals surface area contributed by atoms with E-state index in [4.69, 9.17) is 0 Å². The van der Waals surface area contributed by atoms with Gasteiger partial charge in [-0.2, -0.15) is 0 Å². The van der Waals surface area contributed by atoms with Crippen LogP contribution in [0.5, 0.6) is 0 Å². The third-order valence-corrected chi connectivity index (χ3v) is 3.07. The molecule has 1 amide bonds. The van der Waals surface area contributed by atoms with Gasteiger partial charge in [-0.05, 0) is 25.5 Å². The fourth-order valence-corrected chi connectivity index (χ4v) is 1.95. The number of piperidine rings is 1. The van der Waals surface area contributed by atoms with Crippen LogP contribution >= 0.6 is 0 Å². The van der Waals surface area contributed by atoms with Crippen LogP contribution in [0.4, 0.5) is 0 Å². The number of carbonyl (C=O) groups excluding carboxylic acids is 1. The highest BCUT2D eigenvalue weighted by Gasteiger charge is 2.23. The fourth-order valence-electron chi connectivity index (χ4n) is 1.95. The molecule has 0 aliphatic carbocycles. The lowest BCUT2D eigenvalue weighted by Crippen LogP contribution is -2.44. The minimum absolute atomic E-state index is 0.0416. The summed E-state index contributed by atoms with van der Waals surface area (Å²) in [7, 11) is 1.87. The number of amides is 1. The van der Waals surface area contributed by atoms with E-state index < -0.39 is 0 Å². The average Bonchev–Trinajstić information content (AvgIpc) is 2.39. The summed E-state index contributed by atoms with van der Waals surface area (Å²) in [6.07, 6.45) is 3.57. The van der Waals surface area contributed by atoms with E-state index in [1.165, 1.54) is 6.08 Å². The van der Waals surface area contributed by atoms with Gasteiger partial charge in [0.2, 0.25) is 5.91 Å². The van der Waals surface area contributed by atoms with Gasteiger partial charge in [0.25, 0.3) is 0 Å². The lowest BCUT2D eigenvalue weighted by molar-refractivity contribution is -0.127. The minimum atomic E-state index is 0.0416. The normalized spacial score (nSPS) is 17.2. The first-order valence-corrected chi connectivity index (χ1v) is 6.30. The Morgan fingerprint density at radius 3 is 2.31 bits per heavy atom. The fraction of sp³-hybridized carbons (Fsp3) is 0.769. The SMILES string of the molecule is C=CC(=O)N(C)C1CCN(CC)CC1.CC. The van der Waals surface area contributed by atoms with Gasteiger partial charge in [0, 0.05) is 26.2 Å². The summed E-state index contributed by atoms with van der Waals surface area (Å²) in [5.74, 6) is 0.0416. The molecule has 1 fully saturated rings. The van der Waals surface area contributed by atoms with Gasteiger partial charge in [-0.3, -0.25) is 4.79 Å². The van der Waals surface area contributed by atoms with Crippen LogP contribution in [0.25, 0.3) is 0 Å². The van der Waals surface area contributed by atoms with E-state index in [1.807, 2.05) is 25.8 Å². The van der Waals surface area contributed by atoms with Crippen LogP contribution in [-0.2, 0) is 4.79 Å². The maximum atomic E-state index is 11.4. The molecule has 1 saturated heterocycles. The van der Waals surface area contributed by atoms with Crippen molar-refractivity contribution in [3.63, 3.8) is 0 Å². The van der Waals surface area contributed by atoms with Gasteiger partial charge in [0.05, 0.1) is 0 Å².